The number of hydrogen-bond donors (Lipinski definition) is 0. The van der Waals surface area contributed by atoms with Crippen molar-refractivity contribution < 1.29 is 14.3 Å². The Labute approximate surface area is 111 Å². The van der Waals surface area contributed by atoms with E-state index in [2.05, 4.69) is 9.72 Å². The highest BCUT2D eigenvalue weighted by Crippen LogP contribution is 2.10. The summed E-state index contributed by atoms with van der Waals surface area (Å²) < 4.78 is 4.60. The van der Waals surface area contributed by atoms with Crippen molar-refractivity contribution in [2.24, 2.45) is 0 Å². The minimum absolute atomic E-state index is 0.170. The molecule has 1 aromatic carbocycles. The first-order valence-electron chi connectivity index (χ1n) is 5.77. The lowest BCUT2D eigenvalue weighted by Crippen LogP contribution is -2.06. The van der Waals surface area contributed by atoms with Gasteiger partial charge in [-0.1, -0.05) is 18.2 Å². The fourth-order valence-electron chi connectivity index (χ4n) is 1.63. The number of carbonyl (C=O) groups excluding carboxylic acids is 2. The van der Waals surface area contributed by atoms with Crippen LogP contribution in [0.3, 0.4) is 0 Å². The van der Waals surface area contributed by atoms with E-state index in [0.717, 1.165) is 5.56 Å². The van der Waals surface area contributed by atoms with Gasteiger partial charge in [-0.2, -0.15) is 0 Å². The van der Waals surface area contributed by atoms with Gasteiger partial charge >= 0.3 is 5.97 Å². The third kappa shape index (κ3) is 2.85. The van der Waals surface area contributed by atoms with E-state index in [1.165, 1.54) is 7.11 Å². The van der Waals surface area contributed by atoms with Crippen molar-refractivity contribution >= 4 is 11.8 Å². The second-order valence-corrected chi connectivity index (χ2v) is 4.12. The molecule has 0 spiro atoms. The zero-order valence-electron chi connectivity index (χ0n) is 10.7. The number of rotatable bonds is 3. The van der Waals surface area contributed by atoms with Gasteiger partial charge in [0.05, 0.1) is 12.7 Å². The number of aryl methyl sites for hydroxylation is 1. The van der Waals surface area contributed by atoms with Gasteiger partial charge in [0.1, 0.15) is 5.69 Å². The molecule has 19 heavy (non-hydrogen) atoms. The Hall–Kier alpha value is -2.49. The SMILES string of the molecule is COC(=O)c1ccc(C(=O)c2ccc(C)cn2)cc1. The van der Waals surface area contributed by atoms with Crippen LogP contribution in [0.4, 0.5) is 0 Å². The van der Waals surface area contributed by atoms with Crippen LogP contribution in [0.5, 0.6) is 0 Å². The molecular weight excluding hydrogens is 242 g/mol. The average Bonchev–Trinajstić information content (AvgIpc) is 2.46. The summed E-state index contributed by atoms with van der Waals surface area (Å²) in [6.07, 6.45) is 1.65. The molecule has 0 aliphatic carbocycles. The number of aromatic nitrogens is 1. The molecule has 1 heterocycles. The van der Waals surface area contributed by atoms with Gasteiger partial charge in [0, 0.05) is 11.8 Å². The molecule has 4 heteroatoms. The Morgan fingerprint density at radius 1 is 1.00 bits per heavy atom. The molecule has 0 aliphatic heterocycles. The fraction of sp³-hybridized carbons (Fsp3) is 0.133. The van der Waals surface area contributed by atoms with Crippen molar-refractivity contribution in [3.05, 3.63) is 65.0 Å². The normalized spacial score (nSPS) is 10.0. The smallest absolute Gasteiger partial charge is 0.337 e. The fourth-order valence-corrected chi connectivity index (χ4v) is 1.63. The summed E-state index contributed by atoms with van der Waals surface area (Å²) >= 11 is 0. The Morgan fingerprint density at radius 3 is 2.16 bits per heavy atom. The molecule has 0 saturated carbocycles. The number of benzene rings is 1. The van der Waals surface area contributed by atoms with Crippen LogP contribution in [-0.2, 0) is 4.74 Å². The molecule has 0 aliphatic rings. The molecule has 1 aromatic heterocycles. The highest BCUT2D eigenvalue weighted by molar-refractivity contribution is 6.08. The first-order valence-corrected chi connectivity index (χ1v) is 5.77. The van der Waals surface area contributed by atoms with Crippen molar-refractivity contribution in [2.45, 2.75) is 6.92 Å². The average molecular weight is 255 g/mol. The summed E-state index contributed by atoms with van der Waals surface area (Å²) in [5, 5.41) is 0. The van der Waals surface area contributed by atoms with Gasteiger partial charge in [-0.05, 0) is 30.7 Å². The van der Waals surface area contributed by atoms with Gasteiger partial charge in [0.15, 0.2) is 0 Å². The quantitative estimate of drug-likeness (QED) is 0.624. The third-order valence-corrected chi connectivity index (χ3v) is 2.71. The zero-order valence-corrected chi connectivity index (χ0v) is 10.7. The highest BCUT2D eigenvalue weighted by atomic mass is 16.5. The molecule has 0 fully saturated rings. The summed E-state index contributed by atoms with van der Waals surface area (Å²) in [6.45, 7) is 1.91. The topological polar surface area (TPSA) is 56.3 Å². The predicted molar refractivity (Wildman–Crippen MR) is 70.2 cm³/mol. The van der Waals surface area contributed by atoms with Gasteiger partial charge in [-0.3, -0.25) is 9.78 Å². The maximum Gasteiger partial charge on any atom is 0.337 e. The molecule has 4 nitrogen and oxygen atoms in total. The van der Waals surface area contributed by atoms with E-state index in [4.69, 9.17) is 0 Å². The van der Waals surface area contributed by atoms with Crippen molar-refractivity contribution in [1.82, 2.24) is 4.98 Å². The lowest BCUT2D eigenvalue weighted by atomic mass is 10.1. The summed E-state index contributed by atoms with van der Waals surface area (Å²) in [5.41, 5.74) is 2.29. The van der Waals surface area contributed by atoms with Crippen LogP contribution in [0.1, 0.15) is 32.0 Å². The molecule has 0 radical (unpaired) electrons. The number of carbonyl (C=O) groups is 2. The maximum absolute atomic E-state index is 12.1. The van der Waals surface area contributed by atoms with E-state index >= 15 is 0 Å². The lowest BCUT2D eigenvalue weighted by Gasteiger charge is -2.02. The zero-order chi connectivity index (χ0) is 13.8. The van der Waals surface area contributed by atoms with E-state index in [1.54, 1.807) is 36.5 Å². The number of hydrogen-bond acceptors (Lipinski definition) is 4. The van der Waals surface area contributed by atoms with Gasteiger partial charge in [-0.15, -0.1) is 0 Å². The molecule has 2 rings (SSSR count). The minimum atomic E-state index is -0.424. The molecule has 0 saturated heterocycles. The van der Waals surface area contributed by atoms with Crippen LogP contribution >= 0.6 is 0 Å². The number of methoxy groups -OCH3 is 1. The predicted octanol–water partition coefficient (Wildman–Crippen LogP) is 2.41. The van der Waals surface area contributed by atoms with Crippen LogP contribution in [0.15, 0.2) is 42.6 Å². The number of ketones is 1. The van der Waals surface area contributed by atoms with Crippen molar-refractivity contribution in [1.29, 1.82) is 0 Å². The maximum atomic E-state index is 12.1. The molecule has 0 atom stereocenters. The summed E-state index contributed by atoms with van der Waals surface area (Å²) in [5.74, 6) is -0.594. The number of pyridine rings is 1. The van der Waals surface area contributed by atoms with Crippen LogP contribution < -0.4 is 0 Å². The first kappa shape index (κ1) is 13.0. The second kappa shape index (κ2) is 5.44. The van der Waals surface area contributed by atoms with E-state index in [-0.39, 0.29) is 5.78 Å². The molecule has 0 unspecified atom stereocenters. The van der Waals surface area contributed by atoms with Crippen LogP contribution in [0, 0.1) is 6.92 Å². The molecule has 0 bridgehead atoms. The molecule has 2 aromatic rings. The van der Waals surface area contributed by atoms with Crippen molar-refractivity contribution in [2.75, 3.05) is 7.11 Å². The van der Waals surface area contributed by atoms with Gasteiger partial charge < -0.3 is 4.74 Å². The van der Waals surface area contributed by atoms with Gasteiger partial charge in [0.2, 0.25) is 5.78 Å². The second-order valence-electron chi connectivity index (χ2n) is 4.12. The standard InChI is InChI=1S/C15H13NO3/c1-10-3-8-13(16-9-10)14(17)11-4-6-12(7-5-11)15(18)19-2/h3-9H,1-2H3. The Kier molecular flexibility index (Phi) is 3.71. The van der Waals surface area contributed by atoms with Gasteiger partial charge in [0.25, 0.3) is 0 Å². The molecule has 0 amide bonds. The Balaban J connectivity index is 2.25. The monoisotopic (exact) mass is 255 g/mol. The van der Waals surface area contributed by atoms with E-state index in [0.29, 0.717) is 16.8 Å². The minimum Gasteiger partial charge on any atom is -0.465 e. The highest BCUT2D eigenvalue weighted by Gasteiger charge is 2.11. The van der Waals surface area contributed by atoms with E-state index < -0.39 is 5.97 Å². The lowest BCUT2D eigenvalue weighted by molar-refractivity contribution is 0.0600. The summed E-state index contributed by atoms with van der Waals surface area (Å²) in [7, 11) is 1.32. The number of ether oxygens (including phenoxy) is 1. The number of nitrogens with zero attached hydrogens (tertiary/aromatic N) is 1. The molecule has 96 valence electrons. The number of esters is 1. The van der Waals surface area contributed by atoms with Crippen molar-refractivity contribution in [3.63, 3.8) is 0 Å². The van der Waals surface area contributed by atoms with E-state index in [1.807, 2.05) is 13.0 Å². The Morgan fingerprint density at radius 2 is 1.63 bits per heavy atom. The van der Waals surface area contributed by atoms with Gasteiger partial charge in [-0.25, -0.2) is 4.79 Å². The third-order valence-electron chi connectivity index (χ3n) is 2.71. The van der Waals surface area contributed by atoms with E-state index in [9.17, 15) is 9.59 Å². The largest absolute Gasteiger partial charge is 0.465 e. The van der Waals surface area contributed by atoms with Crippen LogP contribution in [0.2, 0.25) is 0 Å². The molecule has 0 N–H and O–H groups in total. The van der Waals surface area contributed by atoms with Crippen LogP contribution in [0.25, 0.3) is 0 Å². The Bertz CT molecular complexity index is 600. The first-order chi connectivity index (χ1) is 9.11. The molecular formula is C15H13NO3. The van der Waals surface area contributed by atoms with Crippen LogP contribution in [-0.4, -0.2) is 23.8 Å². The summed E-state index contributed by atoms with van der Waals surface area (Å²) in [6, 6.07) is 9.84. The summed E-state index contributed by atoms with van der Waals surface area (Å²) in [4.78, 5) is 27.5. The van der Waals surface area contributed by atoms with Crippen molar-refractivity contribution in [3.8, 4) is 0 Å².